The van der Waals surface area contributed by atoms with E-state index in [1.165, 1.54) is 0 Å². The molecular weight excluding hydrogens is 186 g/mol. The summed E-state index contributed by atoms with van der Waals surface area (Å²) in [5.74, 6) is 0.579. The van der Waals surface area contributed by atoms with E-state index >= 15 is 0 Å². The number of aromatic nitrogens is 1. The molecule has 3 nitrogen and oxygen atoms in total. The van der Waals surface area contributed by atoms with Crippen molar-refractivity contribution in [1.29, 1.82) is 0 Å². The topological polar surface area (TPSA) is 50.9 Å². The van der Waals surface area contributed by atoms with Crippen LogP contribution in [0.4, 0.5) is 5.82 Å². The van der Waals surface area contributed by atoms with Crippen LogP contribution in [0.25, 0.3) is 6.08 Å². The molecule has 1 heterocycles. The second-order valence-corrected chi connectivity index (χ2v) is 2.69. The number of pyridine rings is 1. The maximum absolute atomic E-state index is 5.65. The van der Waals surface area contributed by atoms with Crippen LogP contribution in [0.1, 0.15) is 26.3 Å². The van der Waals surface area contributed by atoms with Gasteiger partial charge in [0.05, 0.1) is 0 Å². The molecule has 3 N–H and O–H groups in total. The normalized spacial score (nSPS) is 9.80. The van der Waals surface area contributed by atoms with Gasteiger partial charge in [-0.1, -0.05) is 32.9 Å². The molecule has 0 saturated carbocycles. The smallest absolute Gasteiger partial charge is 0.130 e. The molecule has 0 fully saturated rings. The Kier molecular flexibility index (Phi) is 8.39. The van der Waals surface area contributed by atoms with Gasteiger partial charge < -0.3 is 11.1 Å². The molecular formula is C12H21N3. The first-order valence-corrected chi connectivity index (χ1v) is 5.42. The summed E-state index contributed by atoms with van der Waals surface area (Å²) in [5, 5.41) is 3.19. The average molecular weight is 207 g/mol. The van der Waals surface area contributed by atoms with Gasteiger partial charge in [0, 0.05) is 18.3 Å². The fourth-order valence-corrected chi connectivity index (χ4v) is 0.984. The largest absolute Gasteiger partial charge is 0.383 e. The van der Waals surface area contributed by atoms with Gasteiger partial charge in [0.1, 0.15) is 5.82 Å². The first-order valence-electron chi connectivity index (χ1n) is 5.42. The van der Waals surface area contributed by atoms with Crippen molar-refractivity contribution < 1.29 is 0 Å². The minimum Gasteiger partial charge on any atom is -0.383 e. The molecule has 0 aliphatic carbocycles. The lowest BCUT2D eigenvalue weighted by Crippen LogP contribution is -2.11. The zero-order valence-corrected chi connectivity index (χ0v) is 9.83. The van der Waals surface area contributed by atoms with Gasteiger partial charge in [-0.15, -0.1) is 0 Å². The second-order valence-electron chi connectivity index (χ2n) is 2.69. The predicted octanol–water partition coefficient (Wildman–Crippen LogP) is 2.31. The van der Waals surface area contributed by atoms with E-state index in [-0.39, 0.29) is 0 Å². The fourth-order valence-electron chi connectivity index (χ4n) is 0.984. The first-order chi connectivity index (χ1) is 7.34. The van der Waals surface area contributed by atoms with Gasteiger partial charge in [0.25, 0.3) is 0 Å². The second kappa shape index (κ2) is 9.21. The van der Waals surface area contributed by atoms with Crippen LogP contribution in [-0.2, 0) is 0 Å². The van der Waals surface area contributed by atoms with Crippen LogP contribution in [-0.4, -0.2) is 18.1 Å². The molecule has 0 amide bonds. The molecule has 1 aromatic heterocycles. The van der Waals surface area contributed by atoms with Crippen molar-refractivity contribution in [3.8, 4) is 0 Å². The number of nitrogens with zero attached hydrogens (tertiary/aromatic N) is 1. The predicted molar refractivity (Wildman–Crippen MR) is 67.6 cm³/mol. The summed E-state index contributed by atoms with van der Waals surface area (Å²) < 4.78 is 0. The Hall–Kier alpha value is -1.35. The summed E-state index contributed by atoms with van der Waals surface area (Å²) in [6.07, 6.45) is 5.71. The summed E-state index contributed by atoms with van der Waals surface area (Å²) in [5.41, 5.74) is 6.63. The zero-order valence-electron chi connectivity index (χ0n) is 9.83. The van der Waals surface area contributed by atoms with Crippen molar-refractivity contribution in [2.75, 3.05) is 18.8 Å². The summed E-state index contributed by atoms with van der Waals surface area (Å²) in [6.45, 7) is 7.92. The van der Waals surface area contributed by atoms with Crippen LogP contribution < -0.4 is 11.1 Å². The van der Waals surface area contributed by atoms with E-state index in [4.69, 9.17) is 5.73 Å². The van der Waals surface area contributed by atoms with E-state index in [1.807, 2.05) is 38.1 Å². The van der Waals surface area contributed by atoms with Crippen LogP contribution in [0.3, 0.4) is 0 Å². The molecule has 0 atom stereocenters. The van der Waals surface area contributed by atoms with Gasteiger partial charge in [0.15, 0.2) is 0 Å². The minimum atomic E-state index is 0.579. The summed E-state index contributed by atoms with van der Waals surface area (Å²) in [7, 11) is 0. The number of nitrogen functional groups attached to an aromatic ring is 1. The van der Waals surface area contributed by atoms with Crippen LogP contribution >= 0.6 is 0 Å². The Morgan fingerprint density at radius 2 is 2.20 bits per heavy atom. The number of likely N-dealkylation sites (N-methyl/N-ethyl adjacent to an activating group) is 1. The van der Waals surface area contributed by atoms with Gasteiger partial charge in [-0.25, -0.2) is 4.98 Å². The average Bonchev–Trinajstić information content (AvgIpc) is 2.29. The maximum atomic E-state index is 5.65. The van der Waals surface area contributed by atoms with E-state index < -0.39 is 0 Å². The highest BCUT2D eigenvalue weighted by Crippen LogP contribution is 2.07. The van der Waals surface area contributed by atoms with E-state index in [0.717, 1.165) is 18.7 Å². The monoisotopic (exact) mass is 207 g/mol. The van der Waals surface area contributed by atoms with Crippen molar-refractivity contribution in [2.24, 2.45) is 0 Å². The summed E-state index contributed by atoms with van der Waals surface area (Å²) in [4.78, 5) is 3.98. The third-order valence-electron chi connectivity index (χ3n) is 1.68. The number of anilines is 1. The summed E-state index contributed by atoms with van der Waals surface area (Å²) >= 11 is 0. The fraction of sp³-hybridized carbons (Fsp3) is 0.417. The molecule has 0 unspecified atom stereocenters. The zero-order chi connectivity index (χ0) is 11.5. The molecule has 1 aromatic rings. The van der Waals surface area contributed by atoms with Gasteiger partial charge in [0.2, 0.25) is 0 Å². The molecule has 3 heteroatoms. The Labute approximate surface area is 92.4 Å². The van der Waals surface area contributed by atoms with E-state index in [1.54, 1.807) is 6.20 Å². The van der Waals surface area contributed by atoms with Gasteiger partial charge in [-0.3, -0.25) is 0 Å². The molecule has 0 aliphatic heterocycles. The van der Waals surface area contributed by atoms with Crippen molar-refractivity contribution in [2.45, 2.75) is 20.8 Å². The first kappa shape index (κ1) is 13.7. The molecule has 84 valence electrons. The number of hydrogen-bond donors (Lipinski definition) is 2. The number of rotatable bonds is 4. The van der Waals surface area contributed by atoms with Crippen molar-refractivity contribution in [3.63, 3.8) is 0 Å². The van der Waals surface area contributed by atoms with E-state index in [9.17, 15) is 0 Å². The van der Waals surface area contributed by atoms with E-state index in [0.29, 0.717) is 5.82 Å². The number of nitrogens with one attached hydrogen (secondary N) is 1. The molecule has 0 aromatic carbocycles. The lowest BCUT2D eigenvalue weighted by molar-refractivity contribution is 0.801. The number of hydrogen-bond acceptors (Lipinski definition) is 3. The third kappa shape index (κ3) is 5.86. The number of nitrogens with two attached hydrogens (primary N) is 1. The highest BCUT2D eigenvalue weighted by molar-refractivity contribution is 5.60. The third-order valence-corrected chi connectivity index (χ3v) is 1.68. The quantitative estimate of drug-likeness (QED) is 0.745. The minimum absolute atomic E-state index is 0.579. The Bertz CT molecular complexity index is 282. The Morgan fingerprint density at radius 1 is 1.47 bits per heavy atom. The van der Waals surface area contributed by atoms with Crippen molar-refractivity contribution in [3.05, 3.63) is 30.0 Å². The SMILES string of the molecule is CC.CCNC/C=C/c1cccnc1N. The Morgan fingerprint density at radius 3 is 2.80 bits per heavy atom. The summed E-state index contributed by atoms with van der Waals surface area (Å²) in [6, 6.07) is 3.83. The molecule has 0 bridgehead atoms. The van der Waals surface area contributed by atoms with Gasteiger partial charge in [-0.05, 0) is 18.7 Å². The van der Waals surface area contributed by atoms with Gasteiger partial charge in [-0.2, -0.15) is 0 Å². The molecule has 0 saturated heterocycles. The molecule has 15 heavy (non-hydrogen) atoms. The Balaban J connectivity index is 0.000000921. The maximum Gasteiger partial charge on any atom is 0.130 e. The van der Waals surface area contributed by atoms with Crippen LogP contribution in [0.5, 0.6) is 0 Å². The van der Waals surface area contributed by atoms with Crippen LogP contribution in [0, 0.1) is 0 Å². The molecule has 1 rings (SSSR count). The van der Waals surface area contributed by atoms with Crippen LogP contribution in [0.15, 0.2) is 24.4 Å². The van der Waals surface area contributed by atoms with Crippen molar-refractivity contribution in [1.82, 2.24) is 10.3 Å². The van der Waals surface area contributed by atoms with Crippen LogP contribution in [0.2, 0.25) is 0 Å². The van der Waals surface area contributed by atoms with Crippen molar-refractivity contribution >= 4 is 11.9 Å². The molecule has 0 spiro atoms. The highest BCUT2D eigenvalue weighted by atomic mass is 14.8. The lowest BCUT2D eigenvalue weighted by atomic mass is 10.2. The van der Waals surface area contributed by atoms with E-state index in [2.05, 4.69) is 17.2 Å². The standard InChI is InChI=1S/C10H15N3.C2H6/c1-2-12-7-3-5-9-6-4-8-13-10(9)11;1-2/h3-6,8,12H,2,7H2,1H3,(H2,11,13);1-2H3/b5-3+;. The highest BCUT2D eigenvalue weighted by Gasteiger charge is 1.91. The lowest BCUT2D eigenvalue weighted by Gasteiger charge is -1.97. The molecule has 0 aliphatic rings. The van der Waals surface area contributed by atoms with Gasteiger partial charge >= 0.3 is 0 Å². The molecule has 0 radical (unpaired) electrons.